The molecule has 1 amide bonds. The summed E-state index contributed by atoms with van der Waals surface area (Å²) in [6, 6.07) is 0. The molecule has 106 valence electrons. The van der Waals surface area contributed by atoms with Crippen molar-refractivity contribution in [1.82, 2.24) is 40.7 Å². The molecule has 2 aromatic heterocycles. The highest BCUT2D eigenvalue weighted by molar-refractivity contribution is 5.78. The van der Waals surface area contributed by atoms with Crippen LogP contribution < -0.4 is 5.32 Å². The van der Waals surface area contributed by atoms with Crippen LogP contribution in [-0.2, 0) is 24.2 Å². The SMILES string of the molecule is O=C(NCCCc1nn[nH]n1)C1CCc2ncnn2C1. The third-order valence-electron chi connectivity index (χ3n) is 3.44. The third kappa shape index (κ3) is 2.81. The Bertz CT molecular complexity index is 563. The first kappa shape index (κ1) is 12.7. The van der Waals surface area contributed by atoms with Gasteiger partial charge in [-0.05, 0) is 12.8 Å². The molecule has 1 unspecified atom stereocenters. The van der Waals surface area contributed by atoms with Crippen LogP contribution in [0.25, 0.3) is 0 Å². The van der Waals surface area contributed by atoms with E-state index in [0.717, 1.165) is 25.1 Å². The Morgan fingerprint density at radius 2 is 2.50 bits per heavy atom. The molecule has 0 saturated heterocycles. The number of fused-ring (bicyclic) bond motifs is 1. The van der Waals surface area contributed by atoms with Crippen molar-refractivity contribution in [3.8, 4) is 0 Å². The molecule has 0 aliphatic carbocycles. The zero-order chi connectivity index (χ0) is 13.8. The first-order chi connectivity index (χ1) is 9.83. The van der Waals surface area contributed by atoms with Gasteiger partial charge >= 0.3 is 0 Å². The maximum atomic E-state index is 12.1. The van der Waals surface area contributed by atoms with Crippen molar-refractivity contribution in [3.05, 3.63) is 18.0 Å². The van der Waals surface area contributed by atoms with Gasteiger partial charge in [0.05, 0.1) is 12.5 Å². The largest absolute Gasteiger partial charge is 0.356 e. The number of tetrazole rings is 1. The molecule has 2 aromatic rings. The fourth-order valence-corrected chi connectivity index (χ4v) is 2.34. The second-order valence-corrected chi connectivity index (χ2v) is 4.82. The number of nitrogens with zero attached hydrogens (tertiary/aromatic N) is 6. The highest BCUT2D eigenvalue weighted by Gasteiger charge is 2.25. The van der Waals surface area contributed by atoms with Crippen LogP contribution in [0.4, 0.5) is 0 Å². The predicted octanol–water partition coefficient (Wildman–Crippen LogP) is -0.897. The Kier molecular flexibility index (Phi) is 3.66. The number of nitrogens with one attached hydrogen (secondary N) is 2. The molecule has 1 aliphatic rings. The van der Waals surface area contributed by atoms with Gasteiger partial charge < -0.3 is 5.32 Å². The van der Waals surface area contributed by atoms with Gasteiger partial charge in [-0.1, -0.05) is 5.21 Å². The molecule has 3 heterocycles. The Morgan fingerprint density at radius 3 is 3.35 bits per heavy atom. The number of carbonyl (C=O) groups is 1. The average Bonchev–Trinajstić information content (AvgIpc) is 3.13. The molecular weight excluding hydrogens is 260 g/mol. The maximum absolute atomic E-state index is 12.1. The molecule has 9 heteroatoms. The molecule has 3 rings (SSSR count). The lowest BCUT2D eigenvalue weighted by molar-refractivity contribution is -0.126. The summed E-state index contributed by atoms with van der Waals surface area (Å²) in [6.45, 7) is 1.24. The average molecular weight is 276 g/mol. The molecule has 2 N–H and O–H groups in total. The van der Waals surface area contributed by atoms with Crippen LogP contribution in [0.15, 0.2) is 6.33 Å². The van der Waals surface area contributed by atoms with Crippen molar-refractivity contribution in [2.75, 3.05) is 6.54 Å². The van der Waals surface area contributed by atoms with Crippen LogP contribution in [0.3, 0.4) is 0 Å². The number of rotatable bonds is 5. The Hall–Kier alpha value is -2.32. The van der Waals surface area contributed by atoms with Crippen LogP contribution in [0, 0.1) is 5.92 Å². The standard InChI is InChI=1S/C11H16N8O/c20-11(12-5-1-2-9-15-17-18-16-9)8-3-4-10-13-7-14-19(10)6-8/h7-8H,1-6H2,(H,12,20)(H,15,16,17,18). The number of carbonyl (C=O) groups excluding carboxylic acids is 1. The summed E-state index contributed by atoms with van der Waals surface area (Å²) in [7, 11) is 0. The summed E-state index contributed by atoms with van der Waals surface area (Å²) in [6.07, 6.45) is 4.68. The van der Waals surface area contributed by atoms with E-state index >= 15 is 0 Å². The van der Waals surface area contributed by atoms with Crippen molar-refractivity contribution in [2.45, 2.75) is 32.2 Å². The Labute approximate surface area is 115 Å². The highest BCUT2D eigenvalue weighted by atomic mass is 16.1. The van der Waals surface area contributed by atoms with Gasteiger partial charge in [0.1, 0.15) is 12.2 Å². The lowest BCUT2D eigenvalue weighted by Gasteiger charge is -2.21. The quantitative estimate of drug-likeness (QED) is 0.684. The maximum Gasteiger partial charge on any atom is 0.224 e. The first-order valence-corrected chi connectivity index (χ1v) is 6.69. The van der Waals surface area contributed by atoms with Gasteiger partial charge in [0.2, 0.25) is 5.91 Å². The van der Waals surface area contributed by atoms with E-state index < -0.39 is 0 Å². The molecular formula is C11H16N8O. The minimum atomic E-state index is -0.0191. The van der Waals surface area contributed by atoms with E-state index in [-0.39, 0.29) is 11.8 Å². The molecule has 0 spiro atoms. The van der Waals surface area contributed by atoms with Crippen LogP contribution in [-0.4, -0.2) is 47.8 Å². The van der Waals surface area contributed by atoms with Crippen molar-refractivity contribution in [1.29, 1.82) is 0 Å². The first-order valence-electron chi connectivity index (χ1n) is 6.69. The normalized spacial score (nSPS) is 17.7. The van der Waals surface area contributed by atoms with Crippen molar-refractivity contribution >= 4 is 5.91 Å². The summed E-state index contributed by atoms with van der Waals surface area (Å²) in [5.74, 6) is 1.70. The van der Waals surface area contributed by atoms with Crippen LogP contribution in [0.1, 0.15) is 24.5 Å². The summed E-state index contributed by atoms with van der Waals surface area (Å²) in [4.78, 5) is 16.2. The molecule has 0 saturated carbocycles. The minimum absolute atomic E-state index is 0.0191. The summed E-state index contributed by atoms with van der Waals surface area (Å²) in [5.41, 5.74) is 0. The summed E-state index contributed by atoms with van der Waals surface area (Å²) >= 11 is 0. The fourth-order valence-electron chi connectivity index (χ4n) is 2.34. The molecule has 0 fully saturated rings. The van der Waals surface area contributed by atoms with Crippen LogP contribution >= 0.6 is 0 Å². The van der Waals surface area contributed by atoms with E-state index in [9.17, 15) is 4.79 Å². The zero-order valence-electron chi connectivity index (χ0n) is 11.0. The summed E-state index contributed by atoms with van der Waals surface area (Å²) < 4.78 is 1.81. The van der Waals surface area contributed by atoms with E-state index in [1.807, 2.05) is 4.68 Å². The fraction of sp³-hybridized carbons (Fsp3) is 0.636. The van der Waals surface area contributed by atoms with E-state index in [2.05, 4.69) is 36.0 Å². The zero-order valence-corrected chi connectivity index (χ0v) is 11.0. The lowest BCUT2D eigenvalue weighted by atomic mass is 9.99. The molecule has 0 radical (unpaired) electrons. The van der Waals surface area contributed by atoms with Gasteiger partial charge in [-0.2, -0.15) is 10.3 Å². The van der Waals surface area contributed by atoms with E-state index in [1.54, 1.807) is 6.33 Å². The number of aromatic nitrogens is 7. The number of amides is 1. The van der Waals surface area contributed by atoms with E-state index in [0.29, 0.717) is 25.3 Å². The predicted molar refractivity (Wildman–Crippen MR) is 67.3 cm³/mol. The van der Waals surface area contributed by atoms with Crippen molar-refractivity contribution in [3.63, 3.8) is 0 Å². The number of hydrogen-bond acceptors (Lipinski definition) is 6. The number of hydrogen-bond donors (Lipinski definition) is 2. The van der Waals surface area contributed by atoms with E-state index in [4.69, 9.17) is 0 Å². The van der Waals surface area contributed by atoms with Crippen LogP contribution in [0.2, 0.25) is 0 Å². The summed E-state index contributed by atoms with van der Waals surface area (Å²) in [5, 5.41) is 20.7. The van der Waals surface area contributed by atoms with Crippen molar-refractivity contribution in [2.24, 2.45) is 5.92 Å². The number of aryl methyl sites for hydroxylation is 2. The topological polar surface area (TPSA) is 114 Å². The monoisotopic (exact) mass is 276 g/mol. The van der Waals surface area contributed by atoms with Gasteiger partial charge in [-0.25, -0.2) is 9.67 Å². The molecule has 9 nitrogen and oxygen atoms in total. The highest BCUT2D eigenvalue weighted by Crippen LogP contribution is 2.17. The van der Waals surface area contributed by atoms with Crippen molar-refractivity contribution < 1.29 is 4.79 Å². The Balaban J connectivity index is 1.41. The lowest BCUT2D eigenvalue weighted by Crippen LogP contribution is -2.36. The molecule has 1 aliphatic heterocycles. The second-order valence-electron chi connectivity index (χ2n) is 4.82. The smallest absolute Gasteiger partial charge is 0.224 e. The molecule has 0 aromatic carbocycles. The minimum Gasteiger partial charge on any atom is -0.356 e. The molecule has 0 bridgehead atoms. The van der Waals surface area contributed by atoms with Gasteiger partial charge in [0.15, 0.2) is 5.82 Å². The number of H-pyrrole nitrogens is 1. The van der Waals surface area contributed by atoms with Gasteiger partial charge in [0.25, 0.3) is 0 Å². The Morgan fingerprint density at radius 1 is 1.55 bits per heavy atom. The van der Waals surface area contributed by atoms with Gasteiger partial charge in [-0.3, -0.25) is 4.79 Å². The molecule has 20 heavy (non-hydrogen) atoms. The molecule has 1 atom stereocenters. The van der Waals surface area contributed by atoms with Gasteiger partial charge in [-0.15, -0.1) is 10.2 Å². The van der Waals surface area contributed by atoms with E-state index in [1.165, 1.54) is 0 Å². The van der Waals surface area contributed by atoms with Gasteiger partial charge in [0, 0.05) is 19.4 Å². The second kappa shape index (κ2) is 5.76. The van der Waals surface area contributed by atoms with Crippen LogP contribution in [0.5, 0.6) is 0 Å². The number of aromatic amines is 1. The third-order valence-corrected chi connectivity index (χ3v) is 3.44.